The van der Waals surface area contributed by atoms with Gasteiger partial charge in [0.1, 0.15) is 33.9 Å². The van der Waals surface area contributed by atoms with Crippen LogP contribution in [0.25, 0.3) is 21.3 Å². The van der Waals surface area contributed by atoms with Gasteiger partial charge in [-0.15, -0.1) is 0 Å². The number of carbonyl (C=O) groups excluding carboxylic acids is 3. The van der Waals surface area contributed by atoms with E-state index in [1.165, 1.54) is 24.5 Å². The second kappa shape index (κ2) is 21.0. The normalized spacial score (nSPS) is 13.4. The molecule has 0 atom stereocenters. The number of carboxylic acid groups (broad SMARTS) is 1. The third kappa shape index (κ3) is 10.7. The van der Waals surface area contributed by atoms with Crippen molar-refractivity contribution in [2.45, 2.75) is 60.3 Å². The minimum absolute atomic E-state index is 0.0565. The highest BCUT2D eigenvalue weighted by molar-refractivity contribution is 7.16. The van der Waals surface area contributed by atoms with Crippen molar-refractivity contribution in [1.82, 2.24) is 38.6 Å². The number of nitrogens with zero attached hydrogens (tertiary/aromatic N) is 9. The number of aldehydes is 1. The maximum Gasteiger partial charge on any atom is 0.335 e. The second-order valence-electron chi connectivity index (χ2n) is 14.5. The number of ether oxygens (including phenoxy) is 3. The van der Waals surface area contributed by atoms with Gasteiger partial charge in [-0.05, 0) is 70.5 Å². The summed E-state index contributed by atoms with van der Waals surface area (Å²) in [6.07, 6.45) is 5.48. The number of nitrogens with one attached hydrogen (secondary N) is 1. The SMILES string of the molecule is CCn1nc(C)cc1C(=O)N=c1sc2cc(C(=O)O)cc(OC)c2n1C/C=C/Cn1c(NC)nc2cc(C(N)=O)cc(OCCCN3CCOCC3)c21.CCn1nc(C)cc1C=O. The van der Waals surface area contributed by atoms with Crippen molar-refractivity contribution in [2.75, 3.05) is 58.9 Å². The topological polar surface area (TPSA) is 228 Å². The summed E-state index contributed by atoms with van der Waals surface area (Å²) in [6, 6.07) is 9.78. The predicted molar refractivity (Wildman–Crippen MR) is 238 cm³/mol. The van der Waals surface area contributed by atoms with Gasteiger partial charge in [-0.25, -0.2) is 9.78 Å². The van der Waals surface area contributed by atoms with Gasteiger partial charge in [0.25, 0.3) is 5.91 Å². The summed E-state index contributed by atoms with van der Waals surface area (Å²) in [5.74, 6) is -0.745. The summed E-state index contributed by atoms with van der Waals surface area (Å²) in [5, 5.41) is 21.3. The molecule has 0 aliphatic carbocycles. The Hall–Kier alpha value is -6.64. The molecule has 4 aromatic heterocycles. The number of imidazole rings is 1. The molecule has 0 bridgehead atoms. The lowest BCUT2D eigenvalue weighted by molar-refractivity contribution is 0.0358. The quantitative estimate of drug-likeness (QED) is 0.0650. The number of nitrogens with two attached hydrogens (primary N) is 1. The standard InChI is InChI=1S/C36H43N9O7S.C7H10N2O/c1-5-45-26(17-22(2)41-45)33(47)40-36-44(31-27(50-4)20-24(34(48)49)21-29(31)53-36)11-7-6-10-43-30-25(39-35(43)38-3)18-23(32(37)46)19-28(30)52-14-8-9-42-12-15-51-16-13-42;1-3-9-7(5-10)4-6(2)8-9/h6-7,17-21H,5,8-16H2,1-4H3,(H2,37,46)(H,38,39)(H,48,49);4-5H,3H2,1-2H3/b7-6+,40-36?;. The van der Waals surface area contributed by atoms with Crippen LogP contribution >= 0.6 is 11.3 Å². The number of rotatable bonds is 17. The van der Waals surface area contributed by atoms with Crippen LogP contribution in [0.5, 0.6) is 11.5 Å². The van der Waals surface area contributed by atoms with E-state index in [2.05, 4.69) is 25.4 Å². The first kappa shape index (κ1) is 45.9. The summed E-state index contributed by atoms with van der Waals surface area (Å²) in [6.45, 7) is 14.0. The Balaban J connectivity index is 0.000000582. The second-order valence-corrected chi connectivity index (χ2v) is 15.5. The van der Waals surface area contributed by atoms with Gasteiger partial charge in [0, 0.05) is 58.4 Å². The van der Waals surface area contributed by atoms with Crippen molar-refractivity contribution in [3.05, 3.63) is 87.3 Å². The van der Waals surface area contributed by atoms with E-state index in [9.17, 15) is 24.3 Å². The Morgan fingerprint density at radius 2 is 1.62 bits per heavy atom. The molecule has 7 rings (SSSR count). The number of hydrogen-bond donors (Lipinski definition) is 3. The molecular weight excluding hydrogens is 831 g/mol. The lowest BCUT2D eigenvalue weighted by atomic mass is 10.1. The third-order valence-electron chi connectivity index (χ3n) is 10.2. The number of carbonyl (C=O) groups is 4. The summed E-state index contributed by atoms with van der Waals surface area (Å²) in [4.78, 5) is 59.9. The monoisotopic (exact) mass is 883 g/mol. The van der Waals surface area contributed by atoms with Gasteiger partial charge in [0.05, 0.1) is 54.1 Å². The zero-order valence-electron chi connectivity index (χ0n) is 36.3. The van der Waals surface area contributed by atoms with Gasteiger partial charge in [-0.1, -0.05) is 23.5 Å². The fraction of sp³-hybridized carbons (Fsp3) is 0.395. The van der Waals surface area contributed by atoms with Crippen LogP contribution in [0, 0.1) is 13.8 Å². The van der Waals surface area contributed by atoms with Crippen molar-refractivity contribution in [2.24, 2.45) is 10.7 Å². The van der Waals surface area contributed by atoms with Crippen molar-refractivity contribution >= 4 is 62.6 Å². The number of amides is 2. The zero-order valence-corrected chi connectivity index (χ0v) is 37.1. The van der Waals surface area contributed by atoms with Crippen molar-refractivity contribution in [3.63, 3.8) is 0 Å². The van der Waals surface area contributed by atoms with Crippen LogP contribution in [0.4, 0.5) is 5.95 Å². The Bertz CT molecular complexity index is 2720. The Morgan fingerprint density at radius 3 is 2.25 bits per heavy atom. The summed E-state index contributed by atoms with van der Waals surface area (Å²) in [7, 11) is 3.24. The molecule has 334 valence electrons. The molecule has 0 radical (unpaired) electrons. The van der Waals surface area contributed by atoms with Crippen LogP contribution in [0.1, 0.15) is 73.3 Å². The summed E-state index contributed by atoms with van der Waals surface area (Å²) in [5.41, 5.74) is 10.5. The van der Waals surface area contributed by atoms with Crippen LogP contribution in [-0.4, -0.2) is 121 Å². The maximum atomic E-state index is 13.5. The number of anilines is 1. The Kier molecular flexibility index (Phi) is 15.3. The van der Waals surface area contributed by atoms with E-state index in [0.29, 0.717) is 85.8 Å². The van der Waals surface area contributed by atoms with Crippen molar-refractivity contribution < 1.29 is 38.5 Å². The molecule has 2 aromatic carbocycles. The fourth-order valence-electron chi connectivity index (χ4n) is 7.23. The first-order chi connectivity index (χ1) is 30.4. The number of carboxylic acids is 1. The highest BCUT2D eigenvalue weighted by atomic mass is 32.1. The highest BCUT2D eigenvalue weighted by Crippen LogP contribution is 2.32. The van der Waals surface area contributed by atoms with Crippen LogP contribution in [-0.2, 0) is 30.9 Å². The molecule has 6 aromatic rings. The number of thiazole rings is 1. The number of allylic oxidation sites excluding steroid dienone is 2. The molecule has 0 saturated carbocycles. The summed E-state index contributed by atoms with van der Waals surface area (Å²) >= 11 is 1.20. The smallest absolute Gasteiger partial charge is 0.335 e. The molecule has 1 fully saturated rings. The number of benzene rings is 2. The van der Waals surface area contributed by atoms with Gasteiger partial charge in [0.15, 0.2) is 11.1 Å². The number of methoxy groups -OCH3 is 1. The third-order valence-corrected chi connectivity index (χ3v) is 11.2. The molecule has 1 aliphatic heterocycles. The summed E-state index contributed by atoms with van der Waals surface area (Å²) < 4.78 is 25.0. The number of primary amides is 1. The highest BCUT2D eigenvalue weighted by Gasteiger charge is 2.20. The average Bonchev–Trinajstić information content (AvgIpc) is 4.05. The average molecular weight is 884 g/mol. The number of aryl methyl sites for hydroxylation is 4. The number of aromatic nitrogens is 7. The van der Waals surface area contributed by atoms with Crippen LogP contribution < -0.4 is 25.3 Å². The maximum absolute atomic E-state index is 13.5. The molecule has 63 heavy (non-hydrogen) atoms. The fourth-order valence-corrected chi connectivity index (χ4v) is 8.32. The minimum Gasteiger partial charge on any atom is -0.494 e. The molecule has 1 aliphatic rings. The lowest BCUT2D eigenvalue weighted by Gasteiger charge is -2.26. The van der Waals surface area contributed by atoms with Gasteiger partial charge >= 0.3 is 5.97 Å². The molecular formula is C43H53N11O8S. The van der Waals surface area contributed by atoms with Gasteiger partial charge in [0.2, 0.25) is 11.9 Å². The van der Waals surface area contributed by atoms with Crippen LogP contribution in [0.2, 0.25) is 0 Å². The predicted octanol–water partition coefficient (Wildman–Crippen LogP) is 4.55. The molecule has 19 nitrogen and oxygen atoms in total. The lowest BCUT2D eigenvalue weighted by Crippen LogP contribution is -2.37. The number of fused-ring (bicyclic) bond motifs is 2. The van der Waals surface area contributed by atoms with E-state index in [4.69, 9.17) is 24.9 Å². The van der Waals surface area contributed by atoms with Crippen LogP contribution in [0.3, 0.4) is 0 Å². The molecule has 1 saturated heterocycles. The Morgan fingerprint density at radius 1 is 0.937 bits per heavy atom. The van der Waals surface area contributed by atoms with Gasteiger partial charge in [-0.3, -0.25) is 28.6 Å². The van der Waals surface area contributed by atoms with Crippen molar-refractivity contribution in [1.29, 1.82) is 0 Å². The van der Waals surface area contributed by atoms with Gasteiger partial charge in [-0.2, -0.15) is 15.2 Å². The molecule has 2 amide bonds. The molecule has 4 N–H and O–H groups in total. The molecule has 0 unspecified atom stereocenters. The van der Waals surface area contributed by atoms with E-state index in [1.54, 1.807) is 46.7 Å². The first-order valence-corrected chi connectivity index (χ1v) is 21.4. The number of aromatic carboxylic acids is 1. The molecule has 20 heteroatoms. The molecule has 5 heterocycles. The van der Waals surface area contributed by atoms with E-state index in [-0.39, 0.29) is 12.1 Å². The van der Waals surface area contributed by atoms with E-state index >= 15 is 0 Å². The first-order valence-electron chi connectivity index (χ1n) is 20.6. The molecule has 0 spiro atoms. The number of morpholine rings is 1. The largest absolute Gasteiger partial charge is 0.494 e. The van der Waals surface area contributed by atoms with E-state index in [0.717, 1.165) is 57.8 Å². The van der Waals surface area contributed by atoms with E-state index in [1.807, 2.05) is 49.0 Å². The van der Waals surface area contributed by atoms with Gasteiger partial charge < -0.3 is 39.5 Å². The number of hydrogen-bond acceptors (Lipinski definition) is 13. The van der Waals surface area contributed by atoms with Crippen molar-refractivity contribution in [3.8, 4) is 11.5 Å². The minimum atomic E-state index is -1.10. The van der Waals surface area contributed by atoms with Crippen LogP contribution in [0.15, 0.2) is 53.5 Å². The Labute approximate surface area is 367 Å². The van der Waals surface area contributed by atoms with E-state index < -0.39 is 17.8 Å². The zero-order chi connectivity index (χ0) is 45.2.